The molecule has 0 amide bonds. The van der Waals surface area contributed by atoms with E-state index in [0.717, 1.165) is 50.1 Å². The summed E-state index contributed by atoms with van der Waals surface area (Å²) in [5.41, 5.74) is 3.90. The number of aromatic nitrogens is 2. The smallest absolute Gasteiger partial charge is 0.231 e. The van der Waals surface area contributed by atoms with E-state index in [4.69, 9.17) is 14.2 Å². The lowest BCUT2D eigenvalue weighted by Gasteiger charge is -2.36. The van der Waals surface area contributed by atoms with Crippen molar-refractivity contribution < 1.29 is 14.2 Å². The first-order valence-electron chi connectivity index (χ1n) is 9.49. The van der Waals surface area contributed by atoms with Crippen LogP contribution in [0.3, 0.4) is 0 Å². The van der Waals surface area contributed by atoms with Gasteiger partial charge in [0.15, 0.2) is 11.5 Å². The van der Waals surface area contributed by atoms with Crippen LogP contribution in [-0.4, -0.2) is 41.2 Å². The monoisotopic (exact) mass is 355 g/mol. The van der Waals surface area contributed by atoms with Gasteiger partial charge >= 0.3 is 0 Å². The highest BCUT2D eigenvalue weighted by Crippen LogP contribution is 2.36. The van der Waals surface area contributed by atoms with Gasteiger partial charge < -0.3 is 14.2 Å². The van der Waals surface area contributed by atoms with E-state index in [0.29, 0.717) is 6.79 Å². The van der Waals surface area contributed by atoms with Gasteiger partial charge in [-0.25, -0.2) is 0 Å². The van der Waals surface area contributed by atoms with Gasteiger partial charge in [-0.3, -0.25) is 9.58 Å². The minimum Gasteiger partial charge on any atom is -0.454 e. The van der Waals surface area contributed by atoms with Gasteiger partial charge in [0, 0.05) is 26.7 Å². The normalized spacial score (nSPS) is 21.8. The van der Waals surface area contributed by atoms with Crippen molar-refractivity contribution in [2.75, 3.05) is 26.6 Å². The highest BCUT2D eigenvalue weighted by Gasteiger charge is 2.32. The van der Waals surface area contributed by atoms with Crippen molar-refractivity contribution in [2.45, 2.75) is 31.8 Å². The molecule has 1 atom stereocenters. The Kier molecular flexibility index (Phi) is 4.10. The molecule has 0 bridgehead atoms. The molecule has 0 N–H and O–H groups in total. The Hall–Kier alpha value is -2.05. The topological polar surface area (TPSA) is 48.8 Å². The minimum atomic E-state index is 0.246. The standard InChI is InChI=1S/C20H25N3O3/c1-22-20-16(9-21-22)6-7-23(17(20)12-24-11-14-2-3-14)10-15-4-5-18-19(8-15)26-13-25-18/h4-5,8-9,14,17H,2-3,6-7,10-13H2,1H3/t17-/m0/s1. The number of ether oxygens (including phenoxy) is 3. The fourth-order valence-electron chi connectivity index (χ4n) is 3.99. The SMILES string of the molecule is Cn1ncc2c1[C@H](COCC1CC1)N(Cc1ccc3c(c1)OCO3)CC2. The van der Waals surface area contributed by atoms with Crippen molar-refractivity contribution in [3.63, 3.8) is 0 Å². The summed E-state index contributed by atoms with van der Waals surface area (Å²) in [7, 11) is 2.04. The van der Waals surface area contributed by atoms with E-state index in [1.807, 2.05) is 24.0 Å². The summed E-state index contributed by atoms with van der Waals surface area (Å²) in [6.07, 6.45) is 5.69. The van der Waals surface area contributed by atoms with E-state index in [9.17, 15) is 0 Å². The highest BCUT2D eigenvalue weighted by molar-refractivity contribution is 5.44. The average molecular weight is 355 g/mol. The third-order valence-electron chi connectivity index (χ3n) is 5.64. The van der Waals surface area contributed by atoms with Gasteiger partial charge in [0.2, 0.25) is 6.79 Å². The molecule has 6 nitrogen and oxygen atoms in total. The van der Waals surface area contributed by atoms with Gasteiger partial charge in [0.1, 0.15) is 0 Å². The molecule has 1 saturated carbocycles. The molecule has 3 aliphatic rings. The maximum Gasteiger partial charge on any atom is 0.231 e. The van der Waals surface area contributed by atoms with E-state index in [2.05, 4.69) is 22.1 Å². The van der Waals surface area contributed by atoms with Crippen molar-refractivity contribution in [1.29, 1.82) is 0 Å². The molecule has 5 rings (SSSR count). The first-order chi connectivity index (χ1) is 12.8. The molecule has 26 heavy (non-hydrogen) atoms. The molecule has 1 aromatic heterocycles. The number of nitrogens with zero attached hydrogens (tertiary/aromatic N) is 3. The molecule has 1 aromatic carbocycles. The van der Waals surface area contributed by atoms with Crippen LogP contribution in [0.4, 0.5) is 0 Å². The zero-order valence-corrected chi connectivity index (χ0v) is 15.2. The Balaban J connectivity index is 1.36. The molecule has 2 aliphatic heterocycles. The lowest BCUT2D eigenvalue weighted by molar-refractivity contribution is 0.0413. The zero-order chi connectivity index (χ0) is 17.5. The molecule has 1 fully saturated rings. The Morgan fingerprint density at radius 2 is 2.08 bits per heavy atom. The Labute approximate surface area is 153 Å². The summed E-state index contributed by atoms with van der Waals surface area (Å²) >= 11 is 0. The largest absolute Gasteiger partial charge is 0.454 e. The second-order valence-corrected chi connectivity index (χ2v) is 7.58. The van der Waals surface area contributed by atoms with Crippen LogP contribution in [0.1, 0.15) is 35.7 Å². The number of hydrogen-bond acceptors (Lipinski definition) is 5. The van der Waals surface area contributed by atoms with Crippen LogP contribution in [0.5, 0.6) is 11.5 Å². The van der Waals surface area contributed by atoms with Gasteiger partial charge in [0.05, 0.1) is 24.5 Å². The van der Waals surface area contributed by atoms with Gasteiger partial charge in [-0.2, -0.15) is 5.10 Å². The Bertz CT molecular complexity index is 800. The fraction of sp³-hybridized carbons (Fsp3) is 0.550. The predicted octanol–water partition coefficient (Wildman–Crippen LogP) is 2.67. The molecule has 6 heteroatoms. The lowest BCUT2D eigenvalue weighted by Crippen LogP contribution is -2.38. The number of aryl methyl sites for hydroxylation is 1. The third-order valence-corrected chi connectivity index (χ3v) is 5.64. The molecular weight excluding hydrogens is 330 g/mol. The maximum absolute atomic E-state index is 6.09. The Morgan fingerprint density at radius 1 is 1.19 bits per heavy atom. The van der Waals surface area contributed by atoms with E-state index in [1.165, 1.54) is 29.7 Å². The summed E-state index contributed by atoms with van der Waals surface area (Å²) in [5, 5.41) is 4.49. The number of benzene rings is 1. The predicted molar refractivity (Wildman–Crippen MR) is 96.2 cm³/mol. The molecule has 1 aliphatic carbocycles. The van der Waals surface area contributed by atoms with Crippen LogP contribution in [0, 0.1) is 5.92 Å². The molecule has 0 radical (unpaired) electrons. The summed E-state index contributed by atoms with van der Waals surface area (Å²) < 4.78 is 19.1. The van der Waals surface area contributed by atoms with E-state index >= 15 is 0 Å². The van der Waals surface area contributed by atoms with Crippen LogP contribution < -0.4 is 9.47 Å². The van der Waals surface area contributed by atoms with Crippen LogP contribution in [0.15, 0.2) is 24.4 Å². The molecule has 3 heterocycles. The van der Waals surface area contributed by atoms with Gasteiger partial charge in [-0.15, -0.1) is 0 Å². The van der Waals surface area contributed by atoms with E-state index in [-0.39, 0.29) is 6.04 Å². The van der Waals surface area contributed by atoms with Crippen molar-refractivity contribution >= 4 is 0 Å². The molecule has 2 aromatic rings. The van der Waals surface area contributed by atoms with E-state index < -0.39 is 0 Å². The first-order valence-corrected chi connectivity index (χ1v) is 9.49. The van der Waals surface area contributed by atoms with Crippen molar-refractivity contribution in [3.8, 4) is 11.5 Å². The second kappa shape index (κ2) is 6.59. The summed E-state index contributed by atoms with van der Waals surface area (Å²) in [4.78, 5) is 2.51. The summed E-state index contributed by atoms with van der Waals surface area (Å²) in [6.45, 7) is 3.83. The summed E-state index contributed by atoms with van der Waals surface area (Å²) in [5.74, 6) is 2.47. The number of fused-ring (bicyclic) bond motifs is 2. The zero-order valence-electron chi connectivity index (χ0n) is 15.2. The fourth-order valence-corrected chi connectivity index (χ4v) is 3.99. The highest BCUT2D eigenvalue weighted by atomic mass is 16.7. The molecule has 0 spiro atoms. The molecular formula is C20H25N3O3. The summed E-state index contributed by atoms with van der Waals surface area (Å²) in [6, 6.07) is 6.49. The van der Waals surface area contributed by atoms with E-state index in [1.54, 1.807) is 0 Å². The van der Waals surface area contributed by atoms with Crippen LogP contribution in [0.2, 0.25) is 0 Å². The number of rotatable bonds is 6. The molecule has 0 unspecified atom stereocenters. The van der Waals surface area contributed by atoms with Gasteiger partial charge in [0.25, 0.3) is 0 Å². The van der Waals surface area contributed by atoms with Crippen LogP contribution in [0.25, 0.3) is 0 Å². The Morgan fingerprint density at radius 3 is 2.96 bits per heavy atom. The van der Waals surface area contributed by atoms with Gasteiger partial charge in [-0.05, 0) is 48.4 Å². The average Bonchev–Trinajstić information content (AvgIpc) is 3.22. The second-order valence-electron chi connectivity index (χ2n) is 7.58. The van der Waals surface area contributed by atoms with Gasteiger partial charge in [-0.1, -0.05) is 6.07 Å². The lowest BCUT2D eigenvalue weighted by atomic mass is 9.99. The number of hydrogen-bond donors (Lipinski definition) is 0. The molecule has 0 saturated heterocycles. The van der Waals surface area contributed by atoms with Crippen molar-refractivity contribution in [1.82, 2.24) is 14.7 Å². The third kappa shape index (κ3) is 3.08. The minimum absolute atomic E-state index is 0.246. The molecule has 138 valence electrons. The van der Waals surface area contributed by atoms with Crippen LogP contribution >= 0.6 is 0 Å². The maximum atomic E-state index is 6.09. The van der Waals surface area contributed by atoms with Crippen LogP contribution in [-0.2, 0) is 24.8 Å². The first kappa shape index (κ1) is 16.1. The quantitative estimate of drug-likeness (QED) is 0.797. The van der Waals surface area contributed by atoms with Crippen molar-refractivity contribution in [2.24, 2.45) is 13.0 Å². The van der Waals surface area contributed by atoms with Crippen molar-refractivity contribution in [3.05, 3.63) is 41.2 Å².